The van der Waals surface area contributed by atoms with E-state index in [2.05, 4.69) is 23.1 Å². The summed E-state index contributed by atoms with van der Waals surface area (Å²) in [5, 5.41) is 17.7. The van der Waals surface area contributed by atoms with Crippen molar-refractivity contribution in [3.05, 3.63) is 35.9 Å². The van der Waals surface area contributed by atoms with Crippen LogP contribution in [0.1, 0.15) is 24.4 Å². The fraction of sp³-hybridized carbons (Fsp3) is 0.462. The Morgan fingerprint density at radius 2 is 2.06 bits per heavy atom. The fourth-order valence-electron chi connectivity index (χ4n) is 1.82. The average Bonchev–Trinajstić information content (AvgIpc) is 2.34. The molecule has 1 atom stereocenters. The summed E-state index contributed by atoms with van der Waals surface area (Å²) in [6, 6.07) is 12.4. The fourth-order valence-corrected chi connectivity index (χ4v) is 1.82. The van der Waals surface area contributed by atoms with Crippen LogP contribution in [0.25, 0.3) is 0 Å². The highest BCUT2D eigenvalue weighted by Crippen LogP contribution is 2.22. The molecule has 0 spiro atoms. The predicted octanol–water partition coefficient (Wildman–Crippen LogP) is 1.96. The van der Waals surface area contributed by atoms with Crippen LogP contribution in [-0.4, -0.2) is 30.2 Å². The van der Waals surface area contributed by atoms with Crippen LogP contribution in [0.4, 0.5) is 0 Å². The van der Waals surface area contributed by atoms with Crippen LogP contribution in [0.2, 0.25) is 0 Å². The molecule has 0 saturated heterocycles. The minimum atomic E-state index is 0.163. The van der Waals surface area contributed by atoms with E-state index in [0.29, 0.717) is 12.8 Å². The van der Waals surface area contributed by atoms with E-state index in [9.17, 15) is 0 Å². The van der Waals surface area contributed by atoms with Gasteiger partial charge in [0.25, 0.3) is 0 Å². The number of aliphatic hydroxyl groups is 1. The Balaban J connectivity index is 2.71. The average molecular weight is 218 g/mol. The quantitative estimate of drug-likeness (QED) is 0.794. The first kappa shape index (κ1) is 12.7. The normalized spacial score (nSPS) is 12.4. The lowest BCUT2D eigenvalue weighted by Crippen LogP contribution is -2.26. The van der Waals surface area contributed by atoms with Crippen LogP contribution in [0.15, 0.2) is 30.3 Å². The van der Waals surface area contributed by atoms with Crippen molar-refractivity contribution in [1.29, 1.82) is 5.26 Å². The molecule has 0 aliphatic heterocycles. The van der Waals surface area contributed by atoms with E-state index >= 15 is 0 Å². The molecular weight excluding hydrogens is 200 g/mol. The Kier molecular flexibility index (Phi) is 5.55. The summed E-state index contributed by atoms with van der Waals surface area (Å²) in [6.45, 7) is 0.895. The van der Waals surface area contributed by atoms with Crippen LogP contribution < -0.4 is 0 Å². The number of hydrogen-bond acceptors (Lipinski definition) is 3. The third-order valence-electron chi connectivity index (χ3n) is 2.70. The predicted molar refractivity (Wildman–Crippen MR) is 63.7 cm³/mol. The molecule has 1 aromatic rings. The summed E-state index contributed by atoms with van der Waals surface area (Å²) in [4.78, 5) is 2.12. The van der Waals surface area contributed by atoms with Gasteiger partial charge in [0, 0.05) is 25.6 Å². The molecule has 0 heterocycles. The van der Waals surface area contributed by atoms with Gasteiger partial charge >= 0.3 is 0 Å². The maximum absolute atomic E-state index is 9.08. The molecule has 0 saturated carbocycles. The number of nitriles is 1. The molecular formula is C13H18N2O. The molecule has 1 N–H and O–H groups in total. The highest BCUT2D eigenvalue weighted by molar-refractivity contribution is 5.18. The highest BCUT2D eigenvalue weighted by Gasteiger charge is 2.15. The van der Waals surface area contributed by atoms with E-state index in [-0.39, 0.29) is 12.6 Å². The molecule has 1 rings (SSSR count). The lowest BCUT2D eigenvalue weighted by Gasteiger charge is -2.27. The number of nitrogens with zero attached hydrogens (tertiary/aromatic N) is 2. The van der Waals surface area contributed by atoms with Crippen LogP contribution >= 0.6 is 0 Å². The van der Waals surface area contributed by atoms with Gasteiger partial charge in [-0.05, 0) is 19.0 Å². The van der Waals surface area contributed by atoms with E-state index in [4.69, 9.17) is 10.4 Å². The maximum Gasteiger partial charge on any atom is 0.0635 e. The van der Waals surface area contributed by atoms with Crippen LogP contribution in [0.3, 0.4) is 0 Å². The van der Waals surface area contributed by atoms with Crippen molar-refractivity contribution >= 4 is 0 Å². The molecule has 86 valence electrons. The van der Waals surface area contributed by atoms with Crippen molar-refractivity contribution in [2.75, 3.05) is 20.2 Å². The van der Waals surface area contributed by atoms with Gasteiger partial charge in [0.2, 0.25) is 0 Å². The first-order chi connectivity index (χ1) is 7.79. The lowest BCUT2D eigenvalue weighted by atomic mass is 10.0. The Morgan fingerprint density at radius 3 is 2.62 bits per heavy atom. The van der Waals surface area contributed by atoms with Gasteiger partial charge in [-0.25, -0.2) is 0 Å². The standard InChI is InChI=1S/C13H18N2O/c1-15(10-5-9-14)13(8-11-16)12-6-3-2-4-7-12/h2-4,6-7,13,16H,5,8,10-11H2,1H3/t13-/m1/s1. The Morgan fingerprint density at radius 1 is 1.38 bits per heavy atom. The van der Waals surface area contributed by atoms with E-state index in [1.54, 1.807) is 0 Å². The summed E-state index contributed by atoms with van der Waals surface area (Å²) in [5.41, 5.74) is 1.19. The Labute approximate surface area is 96.9 Å². The van der Waals surface area contributed by atoms with Gasteiger partial charge in [-0.15, -0.1) is 0 Å². The molecule has 3 nitrogen and oxygen atoms in total. The number of rotatable bonds is 6. The van der Waals surface area contributed by atoms with Crippen molar-refractivity contribution < 1.29 is 5.11 Å². The zero-order valence-electron chi connectivity index (χ0n) is 9.63. The molecule has 1 aromatic carbocycles. The van der Waals surface area contributed by atoms with E-state index in [0.717, 1.165) is 6.54 Å². The molecule has 16 heavy (non-hydrogen) atoms. The van der Waals surface area contributed by atoms with E-state index < -0.39 is 0 Å². The van der Waals surface area contributed by atoms with E-state index in [1.807, 2.05) is 25.2 Å². The van der Waals surface area contributed by atoms with Gasteiger partial charge in [-0.3, -0.25) is 4.90 Å². The number of aliphatic hydroxyl groups excluding tert-OH is 1. The molecule has 0 bridgehead atoms. The topological polar surface area (TPSA) is 47.3 Å². The van der Waals surface area contributed by atoms with Gasteiger partial charge in [-0.2, -0.15) is 5.26 Å². The molecule has 0 amide bonds. The number of benzene rings is 1. The van der Waals surface area contributed by atoms with Crippen molar-refractivity contribution in [3.63, 3.8) is 0 Å². The highest BCUT2D eigenvalue weighted by atomic mass is 16.3. The van der Waals surface area contributed by atoms with Crippen LogP contribution in [0.5, 0.6) is 0 Å². The van der Waals surface area contributed by atoms with Gasteiger partial charge in [0.1, 0.15) is 0 Å². The van der Waals surface area contributed by atoms with Gasteiger partial charge in [-0.1, -0.05) is 30.3 Å². The van der Waals surface area contributed by atoms with Crippen molar-refractivity contribution in [3.8, 4) is 6.07 Å². The lowest BCUT2D eigenvalue weighted by molar-refractivity contribution is 0.188. The van der Waals surface area contributed by atoms with Crippen molar-refractivity contribution in [2.24, 2.45) is 0 Å². The molecule has 0 aromatic heterocycles. The summed E-state index contributed by atoms with van der Waals surface area (Å²) in [5.74, 6) is 0. The Hall–Kier alpha value is -1.37. The second-order valence-electron chi connectivity index (χ2n) is 3.83. The monoisotopic (exact) mass is 218 g/mol. The second kappa shape index (κ2) is 7.00. The third kappa shape index (κ3) is 3.65. The zero-order chi connectivity index (χ0) is 11.8. The minimum Gasteiger partial charge on any atom is -0.396 e. The van der Waals surface area contributed by atoms with E-state index in [1.165, 1.54) is 5.56 Å². The zero-order valence-corrected chi connectivity index (χ0v) is 9.63. The minimum absolute atomic E-state index is 0.163. The molecule has 0 unspecified atom stereocenters. The van der Waals surface area contributed by atoms with Crippen molar-refractivity contribution in [2.45, 2.75) is 18.9 Å². The van der Waals surface area contributed by atoms with Crippen molar-refractivity contribution in [1.82, 2.24) is 4.90 Å². The van der Waals surface area contributed by atoms with Crippen LogP contribution in [0, 0.1) is 11.3 Å². The third-order valence-corrected chi connectivity index (χ3v) is 2.70. The second-order valence-corrected chi connectivity index (χ2v) is 3.83. The van der Waals surface area contributed by atoms with Crippen LogP contribution in [-0.2, 0) is 0 Å². The largest absolute Gasteiger partial charge is 0.396 e. The van der Waals surface area contributed by atoms with Gasteiger partial charge in [0.05, 0.1) is 6.07 Å². The summed E-state index contributed by atoms with van der Waals surface area (Å²) < 4.78 is 0. The van der Waals surface area contributed by atoms with Gasteiger partial charge in [0.15, 0.2) is 0 Å². The SMILES string of the molecule is CN(CCC#N)[C@H](CCO)c1ccccc1. The first-order valence-electron chi connectivity index (χ1n) is 5.52. The first-order valence-corrected chi connectivity index (χ1v) is 5.52. The molecule has 3 heteroatoms. The molecule has 0 aliphatic rings. The molecule has 0 aliphatic carbocycles. The maximum atomic E-state index is 9.08. The molecule has 0 fully saturated rings. The molecule has 0 radical (unpaired) electrons. The smallest absolute Gasteiger partial charge is 0.0635 e. The Bertz CT molecular complexity index is 332. The summed E-state index contributed by atoms with van der Waals surface area (Å²) >= 11 is 0. The number of hydrogen-bond donors (Lipinski definition) is 1. The summed E-state index contributed by atoms with van der Waals surface area (Å²) in [6.07, 6.45) is 1.22. The summed E-state index contributed by atoms with van der Waals surface area (Å²) in [7, 11) is 1.99. The van der Waals surface area contributed by atoms with Gasteiger partial charge < -0.3 is 5.11 Å².